The van der Waals surface area contributed by atoms with E-state index in [4.69, 9.17) is 4.74 Å². The number of benzene rings is 3. The number of halogens is 1. The van der Waals surface area contributed by atoms with Gasteiger partial charge < -0.3 is 15.0 Å². The predicted octanol–water partition coefficient (Wildman–Crippen LogP) is 5.91. The van der Waals surface area contributed by atoms with Crippen LogP contribution in [0, 0.1) is 19.7 Å². The number of ether oxygens (including phenoxy) is 1. The third-order valence-corrected chi connectivity index (χ3v) is 7.18. The van der Waals surface area contributed by atoms with Crippen molar-refractivity contribution in [3.05, 3.63) is 101 Å². The van der Waals surface area contributed by atoms with E-state index in [0.29, 0.717) is 12.2 Å². The first-order chi connectivity index (χ1) is 18.4. The van der Waals surface area contributed by atoms with Crippen LogP contribution in [0.15, 0.2) is 72.8 Å². The van der Waals surface area contributed by atoms with Crippen molar-refractivity contribution < 1.29 is 18.7 Å². The number of rotatable bonds is 10. The number of carbonyl (C=O) groups is 2. The van der Waals surface area contributed by atoms with E-state index in [9.17, 15) is 14.0 Å². The summed E-state index contributed by atoms with van der Waals surface area (Å²) in [7, 11) is 0. The van der Waals surface area contributed by atoms with Crippen molar-refractivity contribution in [3.8, 4) is 5.75 Å². The minimum Gasteiger partial charge on any atom is -0.483 e. The van der Waals surface area contributed by atoms with Crippen molar-refractivity contribution in [1.82, 2.24) is 10.2 Å². The maximum absolute atomic E-state index is 13.8. The van der Waals surface area contributed by atoms with Gasteiger partial charge in [-0.2, -0.15) is 0 Å². The molecule has 1 saturated carbocycles. The van der Waals surface area contributed by atoms with Crippen LogP contribution in [0.1, 0.15) is 54.4 Å². The lowest BCUT2D eigenvalue weighted by Gasteiger charge is -2.33. The van der Waals surface area contributed by atoms with Gasteiger partial charge in [0.2, 0.25) is 5.91 Å². The molecule has 0 unspecified atom stereocenters. The van der Waals surface area contributed by atoms with Crippen LogP contribution in [0.2, 0.25) is 0 Å². The van der Waals surface area contributed by atoms with E-state index in [2.05, 4.69) is 5.32 Å². The van der Waals surface area contributed by atoms with E-state index in [-0.39, 0.29) is 36.8 Å². The lowest BCUT2D eigenvalue weighted by Crippen LogP contribution is -2.53. The van der Waals surface area contributed by atoms with Crippen LogP contribution in [0.5, 0.6) is 5.75 Å². The van der Waals surface area contributed by atoms with Gasteiger partial charge in [0.25, 0.3) is 5.91 Å². The number of hydrogen-bond acceptors (Lipinski definition) is 3. The van der Waals surface area contributed by atoms with Crippen LogP contribution in [0.25, 0.3) is 0 Å². The van der Waals surface area contributed by atoms with Crippen molar-refractivity contribution in [3.63, 3.8) is 0 Å². The molecule has 3 aromatic carbocycles. The number of nitrogens with one attached hydrogen (secondary N) is 1. The SMILES string of the molecule is Cc1ccc(C)c(OCC(=O)N(Cc2ccc(F)cc2)[C@H](Cc2ccccc2)C(=O)NC2CCCCC2)c1. The smallest absolute Gasteiger partial charge is 0.261 e. The number of carbonyl (C=O) groups excluding carboxylic acids is 2. The average Bonchev–Trinajstić information content (AvgIpc) is 2.93. The van der Waals surface area contributed by atoms with Crippen LogP contribution in [0.4, 0.5) is 4.39 Å². The van der Waals surface area contributed by atoms with Crippen molar-refractivity contribution in [2.45, 2.75) is 71.0 Å². The van der Waals surface area contributed by atoms with Gasteiger partial charge in [-0.25, -0.2) is 4.39 Å². The summed E-state index contributed by atoms with van der Waals surface area (Å²) < 4.78 is 19.6. The summed E-state index contributed by atoms with van der Waals surface area (Å²) in [5.41, 5.74) is 3.68. The topological polar surface area (TPSA) is 58.6 Å². The van der Waals surface area contributed by atoms with E-state index >= 15 is 0 Å². The molecule has 200 valence electrons. The first-order valence-electron chi connectivity index (χ1n) is 13.5. The number of aryl methyl sites for hydroxylation is 2. The summed E-state index contributed by atoms with van der Waals surface area (Å²) in [6, 6.07) is 21.0. The summed E-state index contributed by atoms with van der Waals surface area (Å²) >= 11 is 0. The van der Waals surface area contributed by atoms with E-state index in [1.54, 1.807) is 17.0 Å². The summed E-state index contributed by atoms with van der Waals surface area (Å²) in [4.78, 5) is 29.1. The lowest BCUT2D eigenvalue weighted by molar-refractivity contribution is -0.143. The highest BCUT2D eigenvalue weighted by atomic mass is 19.1. The Morgan fingerprint density at radius 2 is 1.66 bits per heavy atom. The minimum absolute atomic E-state index is 0.114. The van der Waals surface area contributed by atoms with E-state index in [1.807, 2.05) is 62.4 Å². The Kier molecular flexibility index (Phi) is 9.52. The Hall–Kier alpha value is -3.67. The van der Waals surface area contributed by atoms with Gasteiger partial charge >= 0.3 is 0 Å². The molecule has 1 aliphatic rings. The normalized spacial score (nSPS) is 14.5. The average molecular weight is 517 g/mol. The molecule has 0 radical (unpaired) electrons. The maximum Gasteiger partial charge on any atom is 0.261 e. The molecule has 6 heteroatoms. The maximum atomic E-state index is 13.8. The highest BCUT2D eigenvalue weighted by molar-refractivity contribution is 5.88. The summed E-state index contributed by atoms with van der Waals surface area (Å²) in [6.45, 7) is 3.88. The molecule has 0 bridgehead atoms. The Labute approximate surface area is 225 Å². The second kappa shape index (κ2) is 13.2. The van der Waals surface area contributed by atoms with Crippen molar-refractivity contribution in [2.24, 2.45) is 0 Å². The van der Waals surface area contributed by atoms with E-state index in [1.165, 1.54) is 18.6 Å². The standard InChI is InChI=1S/C32H37FN2O3/c1-23-13-14-24(2)30(19-23)38-22-31(36)35(21-26-15-17-27(33)18-16-26)29(20-25-9-5-3-6-10-25)32(37)34-28-11-7-4-8-12-28/h3,5-6,9-10,13-19,28-29H,4,7-8,11-12,20-22H2,1-2H3,(H,34,37)/t29-/m1/s1. The van der Waals surface area contributed by atoms with Gasteiger partial charge in [-0.05, 0) is 67.1 Å². The van der Waals surface area contributed by atoms with Crippen LogP contribution in [-0.2, 0) is 22.6 Å². The highest BCUT2D eigenvalue weighted by Gasteiger charge is 2.32. The molecule has 1 fully saturated rings. The fourth-order valence-electron chi connectivity index (χ4n) is 4.97. The number of hydrogen-bond donors (Lipinski definition) is 1. The fourth-order valence-corrected chi connectivity index (χ4v) is 4.97. The molecule has 38 heavy (non-hydrogen) atoms. The van der Waals surface area contributed by atoms with Crippen LogP contribution in [-0.4, -0.2) is 35.4 Å². The molecule has 0 aromatic heterocycles. The minimum atomic E-state index is -0.737. The van der Waals surface area contributed by atoms with Gasteiger partial charge in [0.1, 0.15) is 17.6 Å². The molecule has 0 saturated heterocycles. The molecule has 2 amide bonds. The number of nitrogens with zero attached hydrogens (tertiary/aromatic N) is 1. The van der Waals surface area contributed by atoms with Gasteiger partial charge in [-0.15, -0.1) is 0 Å². The number of amides is 2. The first-order valence-corrected chi connectivity index (χ1v) is 13.5. The molecular weight excluding hydrogens is 479 g/mol. The van der Waals surface area contributed by atoms with Crippen molar-refractivity contribution in [2.75, 3.05) is 6.61 Å². The molecule has 1 aliphatic carbocycles. The molecule has 1 N–H and O–H groups in total. The van der Waals surface area contributed by atoms with Gasteiger partial charge in [0, 0.05) is 19.0 Å². The summed E-state index contributed by atoms with van der Waals surface area (Å²) in [5, 5.41) is 3.23. The Morgan fingerprint density at radius 1 is 0.947 bits per heavy atom. The Balaban J connectivity index is 1.62. The third kappa shape index (κ3) is 7.67. The molecule has 0 spiro atoms. The molecule has 5 nitrogen and oxygen atoms in total. The van der Waals surface area contributed by atoms with Crippen molar-refractivity contribution >= 4 is 11.8 Å². The predicted molar refractivity (Wildman–Crippen MR) is 147 cm³/mol. The summed E-state index contributed by atoms with van der Waals surface area (Å²) in [6.07, 6.45) is 5.64. The molecule has 0 aliphatic heterocycles. The molecule has 1 atom stereocenters. The second-order valence-electron chi connectivity index (χ2n) is 10.3. The fraction of sp³-hybridized carbons (Fsp3) is 0.375. The Morgan fingerprint density at radius 3 is 2.37 bits per heavy atom. The largest absolute Gasteiger partial charge is 0.483 e. The van der Waals surface area contributed by atoms with Crippen LogP contribution >= 0.6 is 0 Å². The van der Waals surface area contributed by atoms with Crippen LogP contribution < -0.4 is 10.1 Å². The molecule has 0 heterocycles. The Bertz CT molecular complexity index is 1210. The third-order valence-electron chi connectivity index (χ3n) is 7.18. The van der Waals surface area contributed by atoms with Gasteiger partial charge in [0.05, 0.1) is 0 Å². The monoisotopic (exact) mass is 516 g/mol. The molecule has 3 aromatic rings. The van der Waals surface area contributed by atoms with Crippen LogP contribution in [0.3, 0.4) is 0 Å². The van der Waals surface area contributed by atoms with Gasteiger partial charge in [0.15, 0.2) is 6.61 Å². The zero-order valence-corrected chi connectivity index (χ0v) is 22.3. The van der Waals surface area contributed by atoms with Gasteiger partial charge in [-0.3, -0.25) is 9.59 Å². The van der Waals surface area contributed by atoms with E-state index < -0.39 is 6.04 Å². The lowest BCUT2D eigenvalue weighted by atomic mass is 9.94. The molecular formula is C32H37FN2O3. The highest BCUT2D eigenvalue weighted by Crippen LogP contribution is 2.22. The quantitative estimate of drug-likeness (QED) is 0.364. The van der Waals surface area contributed by atoms with Gasteiger partial charge in [-0.1, -0.05) is 73.9 Å². The van der Waals surface area contributed by atoms with E-state index in [0.717, 1.165) is 47.9 Å². The zero-order valence-electron chi connectivity index (χ0n) is 22.3. The van der Waals surface area contributed by atoms with Crippen molar-refractivity contribution in [1.29, 1.82) is 0 Å². The zero-order chi connectivity index (χ0) is 26.9. The summed E-state index contributed by atoms with van der Waals surface area (Å²) in [5.74, 6) is -0.162. The molecule has 4 rings (SSSR count). The first kappa shape index (κ1) is 27.4. The second-order valence-corrected chi connectivity index (χ2v) is 10.3.